The number of rotatable bonds is 5. The van der Waals surface area contributed by atoms with Gasteiger partial charge >= 0.3 is 12.1 Å². The van der Waals surface area contributed by atoms with Gasteiger partial charge in [0, 0.05) is 18.5 Å². The lowest BCUT2D eigenvalue weighted by Gasteiger charge is -2.10. The maximum absolute atomic E-state index is 12.1. The molecule has 3 N–H and O–H groups in total. The zero-order valence-electron chi connectivity index (χ0n) is 11.0. The quantitative estimate of drug-likeness (QED) is 0.765. The molecule has 0 aliphatic carbocycles. The number of benzene rings is 1. The normalized spacial score (nSPS) is 11.2. The van der Waals surface area contributed by atoms with Crippen LogP contribution in [-0.2, 0) is 6.42 Å². The van der Waals surface area contributed by atoms with E-state index in [1.165, 1.54) is 12.1 Å². The third kappa shape index (κ3) is 4.65. The van der Waals surface area contributed by atoms with Crippen molar-refractivity contribution in [2.75, 3.05) is 6.54 Å². The molecule has 118 valence electrons. The van der Waals surface area contributed by atoms with Crippen LogP contribution in [0.4, 0.5) is 13.2 Å². The zero-order valence-corrected chi connectivity index (χ0v) is 11.0. The van der Waals surface area contributed by atoms with Gasteiger partial charge < -0.3 is 10.1 Å². The van der Waals surface area contributed by atoms with E-state index in [0.717, 1.165) is 12.1 Å². The molecule has 2 rings (SSSR count). The molecule has 0 aliphatic rings. The summed E-state index contributed by atoms with van der Waals surface area (Å²) in [6, 6.07) is 4.72. The molecule has 7 nitrogen and oxygen atoms in total. The average molecular weight is 316 g/mol. The number of amides is 1. The summed E-state index contributed by atoms with van der Waals surface area (Å²) >= 11 is 0. The number of aromatic nitrogens is 3. The Labute approximate surface area is 121 Å². The van der Waals surface area contributed by atoms with E-state index in [1.54, 1.807) is 0 Å². The molecule has 1 aromatic carbocycles. The number of carbonyl (C=O) groups is 1. The molecule has 0 unspecified atom stereocenters. The van der Waals surface area contributed by atoms with Gasteiger partial charge in [-0.1, -0.05) is 6.07 Å². The molecule has 0 spiro atoms. The van der Waals surface area contributed by atoms with E-state index >= 15 is 0 Å². The fourth-order valence-electron chi connectivity index (χ4n) is 1.65. The van der Waals surface area contributed by atoms with Gasteiger partial charge in [0.15, 0.2) is 0 Å². The Kier molecular flexibility index (Phi) is 4.49. The Bertz CT molecular complexity index is 708. The van der Waals surface area contributed by atoms with E-state index in [9.17, 15) is 22.8 Å². The summed E-state index contributed by atoms with van der Waals surface area (Å²) < 4.78 is 40.0. The third-order valence-electron chi connectivity index (χ3n) is 2.53. The minimum Gasteiger partial charge on any atom is -0.406 e. The van der Waals surface area contributed by atoms with Gasteiger partial charge in [-0.15, -0.1) is 13.2 Å². The standard InChI is InChI=1S/C12H11F3N4O3/c13-12(14,15)22-8-3-1-2-7(6-8)10(20)16-5-4-9-17-11(21)19-18-9/h1-3,6H,4-5H2,(H,16,20)(H2,17,18,19,21). The topological polar surface area (TPSA) is 99.9 Å². The maximum Gasteiger partial charge on any atom is 0.573 e. The predicted octanol–water partition coefficient (Wildman–Crippen LogP) is 0.969. The van der Waals surface area contributed by atoms with Gasteiger partial charge in [-0.2, -0.15) is 5.10 Å². The van der Waals surface area contributed by atoms with Crippen molar-refractivity contribution in [3.8, 4) is 5.75 Å². The van der Waals surface area contributed by atoms with Crippen LogP contribution >= 0.6 is 0 Å². The van der Waals surface area contributed by atoms with Gasteiger partial charge in [-0.3, -0.25) is 9.78 Å². The molecule has 22 heavy (non-hydrogen) atoms. The maximum atomic E-state index is 12.1. The first-order valence-corrected chi connectivity index (χ1v) is 6.11. The van der Waals surface area contributed by atoms with Gasteiger partial charge in [0.25, 0.3) is 5.91 Å². The van der Waals surface area contributed by atoms with Crippen LogP contribution in [0, 0.1) is 0 Å². The van der Waals surface area contributed by atoms with Gasteiger partial charge in [0.2, 0.25) is 0 Å². The number of halogens is 3. The van der Waals surface area contributed by atoms with Crippen molar-refractivity contribution < 1.29 is 22.7 Å². The largest absolute Gasteiger partial charge is 0.573 e. The number of nitrogens with zero attached hydrogens (tertiary/aromatic N) is 1. The predicted molar refractivity (Wildman–Crippen MR) is 68.4 cm³/mol. The summed E-state index contributed by atoms with van der Waals surface area (Å²) in [6.45, 7) is 0.157. The Morgan fingerprint density at radius 2 is 2.14 bits per heavy atom. The van der Waals surface area contributed by atoms with Gasteiger partial charge in [-0.25, -0.2) is 9.89 Å². The summed E-state index contributed by atoms with van der Waals surface area (Å²) in [5.74, 6) is -0.679. The van der Waals surface area contributed by atoms with E-state index in [0.29, 0.717) is 5.82 Å². The lowest BCUT2D eigenvalue weighted by Crippen LogP contribution is -2.26. The van der Waals surface area contributed by atoms with Gasteiger partial charge in [-0.05, 0) is 18.2 Å². The monoisotopic (exact) mass is 316 g/mol. The SMILES string of the molecule is O=C(NCCc1n[nH]c(=O)[nH]1)c1cccc(OC(F)(F)F)c1. The van der Waals surface area contributed by atoms with Gasteiger partial charge in [0.05, 0.1) is 0 Å². The van der Waals surface area contributed by atoms with Crippen LogP contribution in [0.2, 0.25) is 0 Å². The summed E-state index contributed by atoms with van der Waals surface area (Å²) in [7, 11) is 0. The minimum atomic E-state index is -4.82. The number of hydrogen-bond acceptors (Lipinski definition) is 4. The van der Waals surface area contributed by atoms with Crippen molar-refractivity contribution in [1.82, 2.24) is 20.5 Å². The first kappa shape index (κ1) is 15.6. The number of hydrogen-bond donors (Lipinski definition) is 3. The second-order valence-corrected chi connectivity index (χ2v) is 4.21. The second kappa shape index (κ2) is 6.33. The number of H-pyrrole nitrogens is 2. The molecular formula is C12H11F3N4O3. The van der Waals surface area contributed by atoms with Crippen molar-refractivity contribution in [2.24, 2.45) is 0 Å². The number of alkyl halides is 3. The number of nitrogens with one attached hydrogen (secondary N) is 3. The smallest absolute Gasteiger partial charge is 0.406 e. The fraction of sp³-hybridized carbons (Fsp3) is 0.250. The van der Waals surface area contributed by atoms with Gasteiger partial charge in [0.1, 0.15) is 11.6 Å². The molecule has 0 bridgehead atoms. The molecule has 0 atom stereocenters. The molecule has 1 aromatic heterocycles. The van der Waals surface area contributed by atoms with E-state index in [2.05, 4.69) is 25.2 Å². The molecule has 2 aromatic rings. The van der Waals surface area contributed by atoms with Crippen LogP contribution < -0.4 is 15.7 Å². The zero-order chi connectivity index (χ0) is 16.2. The highest BCUT2D eigenvalue weighted by molar-refractivity contribution is 5.94. The van der Waals surface area contributed by atoms with E-state index in [4.69, 9.17) is 0 Å². The minimum absolute atomic E-state index is 0.0253. The summed E-state index contributed by atoms with van der Waals surface area (Å²) in [6.07, 6.45) is -4.55. The Hall–Kier alpha value is -2.78. The molecule has 0 aliphatic heterocycles. The van der Waals surface area contributed by atoms with Crippen LogP contribution in [-0.4, -0.2) is 34.0 Å². The Balaban J connectivity index is 1.92. The highest BCUT2D eigenvalue weighted by Gasteiger charge is 2.31. The highest BCUT2D eigenvalue weighted by atomic mass is 19.4. The second-order valence-electron chi connectivity index (χ2n) is 4.21. The molecule has 1 heterocycles. The Morgan fingerprint density at radius 1 is 1.36 bits per heavy atom. The number of carbonyl (C=O) groups excluding carboxylic acids is 1. The molecule has 10 heteroatoms. The van der Waals surface area contributed by atoms with Crippen LogP contribution in [0.5, 0.6) is 5.75 Å². The van der Waals surface area contributed by atoms with Crippen LogP contribution in [0.1, 0.15) is 16.2 Å². The van der Waals surface area contributed by atoms with Crippen molar-refractivity contribution >= 4 is 5.91 Å². The fourth-order valence-corrected chi connectivity index (χ4v) is 1.65. The lowest BCUT2D eigenvalue weighted by molar-refractivity contribution is -0.274. The number of aromatic amines is 2. The summed E-state index contributed by atoms with van der Waals surface area (Å²) in [5.41, 5.74) is -0.435. The molecule has 0 saturated heterocycles. The van der Waals surface area contributed by atoms with Crippen molar-refractivity contribution in [2.45, 2.75) is 12.8 Å². The third-order valence-corrected chi connectivity index (χ3v) is 2.53. The first-order chi connectivity index (χ1) is 10.3. The molecule has 0 fully saturated rings. The first-order valence-electron chi connectivity index (χ1n) is 6.11. The van der Waals surface area contributed by atoms with Crippen LogP contribution in [0.15, 0.2) is 29.1 Å². The number of ether oxygens (including phenoxy) is 1. The van der Waals surface area contributed by atoms with Crippen molar-refractivity contribution in [3.63, 3.8) is 0 Å². The highest BCUT2D eigenvalue weighted by Crippen LogP contribution is 2.23. The Morgan fingerprint density at radius 3 is 2.77 bits per heavy atom. The average Bonchev–Trinajstić information content (AvgIpc) is 2.83. The molecular weight excluding hydrogens is 305 g/mol. The summed E-state index contributed by atoms with van der Waals surface area (Å²) in [5, 5.41) is 8.32. The van der Waals surface area contributed by atoms with Crippen LogP contribution in [0.25, 0.3) is 0 Å². The van der Waals surface area contributed by atoms with E-state index < -0.39 is 23.7 Å². The van der Waals surface area contributed by atoms with Crippen molar-refractivity contribution in [3.05, 3.63) is 46.1 Å². The summed E-state index contributed by atoms with van der Waals surface area (Å²) in [4.78, 5) is 25.0. The molecule has 1 amide bonds. The van der Waals surface area contributed by atoms with E-state index in [1.807, 2.05) is 0 Å². The van der Waals surface area contributed by atoms with Crippen LogP contribution in [0.3, 0.4) is 0 Å². The molecule has 0 saturated carbocycles. The van der Waals surface area contributed by atoms with Crippen molar-refractivity contribution in [1.29, 1.82) is 0 Å². The van der Waals surface area contributed by atoms with E-state index in [-0.39, 0.29) is 18.5 Å². The molecule has 0 radical (unpaired) electrons. The lowest BCUT2D eigenvalue weighted by atomic mass is 10.2.